The smallest absolute Gasteiger partial charge is 0.407 e. The monoisotopic (exact) mass is 512 g/mol. The van der Waals surface area contributed by atoms with Crippen LogP contribution in [0.2, 0.25) is 0 Å². The van der Waals surface area contributed by atoms with Gasteiger partial charge >= 0.3 is 12.1 Å². The van der Waals surface area contributed by atoms with Crippen LogP contribution in [0.15, 0.2) is 0 Å². The second-order valence-corrected chi connectivity index (χ2v) is 10.8. The van der Waals surface area contributed by atoms with Crippen molar-refractivity contribution in [2.24, 2.45) is 11.8 Å². The lowest BCUT2D eigenvalue weighted by Crippen LogP contribution is -2.45. The number of esters is 1. The Bertz CT molecular complexity index is 659. The molecule has 0 aliphatic rings. The molecule has 0 spiro atoms. The summed E-state index contributed by atoms with van der Waals surface area (Å²) in [5, 5.41) is 5.54. The van der Waals surface area contributed by atoms with E-state index in [4.69, 9.17) is 9.47 Å². The fourth-order valence-corrected chi connectivity index (χ4v) is 3.93. The largest absolute Gasteiger partial charge is 0.467 e. The first kappa shape index (κ1) is 33.9. The Hall–Kier alpha value is -2.12. The van der Waals surface area contributed by atoms with Gasteiger partial charge in [0.2, 0.25) is 5.91 Å². The van der Waals surface area contributed by atoms with Crippen molar-refractivity contribution >= 4 is 23.8 Å². The highest BCUT2D eigenvalue weighted by Gasteiger charge is 2.28. The molecule has 0 aromatic rings. The van der Waals surface area contributed by atoms with Gasteiger partial charge in [0.05, 0.1) is 7.11 Å². The number of rotatable bonds is 19. The first-order chi connectivity index (χ1) is 16.9. The average molecular weight is 513 g/mol. The molecule has 0 aliphatic heterocycles. The normalized spacial score (nSPS) is 13.9. The summed E-state index contributed by atoms with van der Waals surface area (Å²) in [6.45, 7) is 12.0. The minimum atomic E-state index is -0.783. The topological polar surface area (TPSA) is 111 Å². The van der Waals surface area contributed by atoms with Crippen molar-refractivity contribution in [2.45, 2.75) is 130 Å². The molecule has 36 heavy (non-hydrogen) atoms. The van der Waals surface area contributed by atoms with Crippen molar-refractivity contribution in [1.82, 2.24) is 10.6 Å². The summed E-state index contributed by atoms with van der Waals surface area (Å²) in [5.74, 6) is -1.16. The van der Waals surface area contributed by atoms with Gasteiger partial charge in [0.1, 0.15) is 17.4 Å². The third kappa shape index (κ3) is 16.5. The molecule has 0 fully saturated rings. The number of carbonyl (C=O) groups excluding carboxylic acids is 4. The maximum absolute atomic E-state index is 13.2. The maximum atomic E-state index is 13.2. The average Bonchev–Trinajstić information content (AvgIpc) is 2.80. The zero-order valence-corrected chi connectivity index (χ0v) is 23.9. The summed E-state index contributed by atoms with van der Waals surface area (Å²) in [7, 11) is 1.30. The lowest BCUT2D eigenvalue weighted by Gasteiger charge is -2.22. The molecule has 0 saturated heterocycles. The molecule has 8 nitrogen and oxygen atoms in total. The Morgan fingerprint density at radius 1 is 0.833 bits per heavy atom. The molecule has 2 amide bonds. The van der Waals surface area contributed by atoms with Crippen LogP contribution in [0.25, 0.3) is 0 Å². The van der Waals surface area contributed by atoms with Crippen molar-refractivity contribution in [3.05, 3.63) is 0 Å². The second kappa shape index (κ2) is 19.1. The van der Waals surface area contributed by atoms with Crippen LogP contribution in [0.4, 0.5) is 4.79 Å². The highest BCUT2D eigenvalue weighted by molar-refractivity contribution is 5.90. The molecular formula is C28H52N2O6. The highest BCUT2D eigenvalue weighted by atomic mass is 16.6. The van der Waals surface area contributed by atoms with Gasteiger partial charge in [0.15, 0.2) is 0 Å². The van der Waals surface area contributed by atoms with E-state index in [0.717, 1.165) is 44.9 Å². The van der Waals surface area contributed by atoms with Crippen molar-refractivity contribution in [2.75, 3.05) is 13.7 Å². The molecule has 210 valence electrons. The van der Waals surface area contributed by atoms with Gasteiger partial charge in [-0.1, -0.05) is 59.3 Å². The van der Waals surface area contributed by atoms with Crippen LogP contribution in [0, 0.1) is 11.8 Å². The lowest BCUT2D eigenvalue weighted by atomic mass is 9.88. The van der Waals surface area contributed by atoms with Crippen LogP contribution in [0.5, 0.6) is 0 Å². The minimum Gasteiger partial charge on any atom is -0.467 e. The number of methoxy groups -OCH3 is 1. The molecule has 0 aliphatic carbocycles. The molecule has 0 unspecified atom stereocenters. The number of Topliss-reactive ketones (excluding diaryl/α,β-unsaturated/α-hetero) is 1. The van der Waals surface area contributed by atoms with Gasteiger partial charge in [-0.05, 0) is 52.9 Å². The Morgan fingerprint density at radius 3 is 1.97 bits per heavy atom. The summed E-state index contributed by atoms with van der Waals surface area (Å²) < 4.78 is 10.1. The Morgan fingerprint density at radius 2 is 1.42 bits per heavy atom. The van der Waals surface area contributed by atoms with Crippen molar-refractivity contribution < 1.29 is 28.7 Å². The molecule has 0 bridgehead atoms. The highest BCUT2D eigenvalue weighted by Crippen LogP contribution is 2.20. The Balaban J connectivity index is 4.93. The zero-order chi connectivity index (χ0) is 27.6. The van der Waals surface area contributed by atoms with Crippen LogP contribution in [-0.4, -0.2) is 49.1 Å². The molecule has 0 rings (SSSR count). The van der Waals surface area contributed by atoms with Crippen LogP contribution < -0.4 is 10.6 Å². The zero-order valence-electron chi connectivity index (χ0n) is 23.9. The quantitative estimate of drug-likeness (QED) is 0.169. The lowest BCUT2D eigenvalue weighted by molar-refractivity contribution is -0.146. The van der Waals surface area contributed by atoms with E-state index in [1.807, 2.05) is 6.92 Å². The molecule has 8 heteroatoms. The van der Waals surface area contributed by atoms with Crippen LogP contribution in [0.3, 0.4) is 0 Å². The van der Waals surface area contributed by atoms with Gasteiger partial charge in [-0.3, -0.25) is 9.59 Å². The van der Waals surface area contributed by atoms with Crippen LogP contribution in [0.1, 0.15) is 119 Å². The van der Waals surface area contributed by atoms with Crippen molar-refractivity contribution in [3.8, 4) is 0 Å². The fraction of sp³-hybridized carbons (Fsp3) is 0.857. The second-order valence-electron chi connectivity index (χ2n) is 10.8. The number of nitrogens with one attached hydrogen (secondary N) is 2. The minimum absolute atomic E-state index is 0.0631. The first-order valence-corrected chi connectivity index (χ1v) is 13.8. The Labute approximate surface area is 219 Å². The number of alkyl carbamates (subject to hydrolysis) is 1. The third-order valence-corrected chi connectivity index (χ3v) is 6.15. The van der Waals surface area contributed by atoms with E-state index < -0.39 is 29.6 Å². The van der Waals surface area contributed by atoms with E-state index in [1.165, 1.54) is 7.11 Å². The SMILES string of the molecule is CCCCC[C@H](CC(=O)[C@@H](C)CCCCC)C(=O)N[C@@H](CCCCNC(=O)OC(C)(C)C)C(=O)OC. The van der Waals surface area contributed by atoms with E-state index in [0.29, 0.717) is 32.2 Å². The molecule has 0 aromatic carbocycles. The predicted molar refractivity (Wildman–Crippen MR) is 143 cm³/mol. The van der Waals surface area contributed by atoms with E-state index in [-0.39, 0.29) is 24.0 Å². The summed E-state index contributed by atoms with van der Waals surface area (Å²) in [6.07, 6.45) is 8.92. The molecule has 0 saturated carbocycles. The van der Waals surface area contributed by atoms with E-state index in [1.54, 1.807) is 20.8 Å². The number of carbonyl (C=O) groups is 4. The first-order valence-electron chi connectivity index (χ1n) is 13.8. The number of hydrogen-bond donors (Lipinski definition) is 2. The van der Waals surface area contributed by atoms with Crippen molar-refractivity contribution in [3.63, 3.8) is 0 Å². The predicted octanol–water partition coefficient (Wildman–Crippen LogP) is 5.71. The summed E-state index contributed by atoms with van der Waals surface area (Å²) in [5.41, 5.74) is -0.563. The fourth-order valence-electron chi connectivity index (χ4n) is 3.93. The number of unbranched alkanes of at least 4 members (excludes halogenated alkanes) is 5. The maximum Gasteiger partial charge on any atom is 0.407 e. The summed E-state index contributed by atoms with van der Waals surface area (Å²) in [6, 6.07) is -0.783. The van der Waals surface area contributed by atoms with Gasteiger partial charge in [-0.2, -0.15) is 0 Å². The summed E-state index contributed by atoms with van der Waals surface area (Å²) in [4.78, 5) is 50.1. The van der Waals surface area contributed by atoms with Gasteiger partial charge < -0.3 is 20.1 Å². The van der Waals surface area contributed by atoms with Gasteiger partial charge in [-0.25, -0.2) is 9.59 Å². The standard InChI is InChI=1S/C28H52N2O6/c1-8-10-12-16-21(3)24(31)20-22(17-13-11-9-2)25(32)30-23(26(33)35-7)18-14-15-19-29-27(34)36-28(4,5)6/h21-23H,8-20H2,1-7H3,(H,29,34)(H,30,32)/t21-,22+,23-/m0/s1. The van der Waals surface area contributed by atoms with E-state index >= 15 is 0 Å². The van der Waals surface area contributed by atoms with E-state index in [2.05, 4.69) is 24.5 Å². The summed E-state index contributed by atoms with van der Waals surface area (Å²) >= 11 is 0. The third-order valence-electron chi connectivity index (χ3n) is 6.15. The number of ether oxygens (including phenoxy) is 2. The molecule has 3 atom stereocenters. The number of amides is 2. The Kier molecular flexibility index (Phi) is 17.9. The van der Waals surface area contributed by atoms with Crippen LogP contribution >= 0.6 is 0 Å². The molecule has 0 radical (unpaired) electrons. The number of hydrogen-bond acceptors (Lipinski definition) is 6. The molecule has 0 heterocycles. The van der Waals surface area contributed by atoms with Gasteiger partial charge in [-0.15, -0.1) is 0 Å². The molecular weight excluding hydrogens is 460 g/mol. The van der Waals surface area contributed by atoms with Gasteiger partial charge in [0.25, 0.3) is 0 Å². The van der Waals surface area contributed by atoms with Gasteiger partial charge in [0, 0.05) is 24.8 Å². The molecule has 2 N–H and O–H groups in total. The van der Waals surface area contributed by atoms with Crippen molar-refractivity contribution in [1.29, 1.82) is 0 Å². The number of ketones is 1. The van der Waals surface area contributed by atoms with Crippen LogP contribution in [-0.2, 0) is 23.9 Å². The van der Waals surface area contributed by atoms with E-state index in [9.17, 15) is 19.2 Å². The molecule has 0 aromatic heterocycles.